The summed E-state index contributed by atoms with van der Waals surface area (Å²) in [6, 6.07) is 14.6. The summed E-state index contributed by atoms with van der Waals surface area (Å²) in [5, 5.41) is 23.2. The molecule has 168 valence electrons. The number of halogens is 1. The molecule has 33 heavy (non-hydrogen) atoms. The molecule has 0 spiro atoms. The number of thioether (sulfide) groups is 1. The molecule has 2 N–H and O–H groups in total. The summed E-state index contributed by atoms with van der Waals surface area (Å²) in [4.78, 5) is 24.7. The second-order valence-corrected chi connectivity index (χ2v) is 8.85. The number of hydrogen-bond donors (Lipinski definition) is 2. The van der Waals surface area contributed by atoms with E-state index in [0.29, 0.717) is 27.4 Å². The number of anilines is 1. The summed E-state index contributed by atoms with van der Waals surface area (Å²) in [6.07, 6.45) is 0. The maximum Gasteiger partial charge on any atom is 0.251 e. The van der Waals surface area contributed by atoms with Crippen LogP contribution in [0.2, 0.25) is 0 Å². The summed E-state index contributed by atoms with van der Waals surface area (Å²) < 4.78 is 15.1. The Labute approximate surface area is 196 Å². The average molecular weight is 484 g/mol. The van der Waals surface area contributed by atoms with Crippen LogP contribution in [0.5, 0.6) is 0 Å². The molecule has 0 radical (unpaired) electrons. The lowest BCUT2D eigenvalue weighted by molar-refractivity contribution is -0.113. The number of rotatable bonds is 8. The normalized spacial score (nSPS) is 10.7. The highest BCUT2D eigenvalue weighted by Gasteiger charge is 2.17. The zero-order chi connectivity index (χ0) is 23.2. The summed E-state index contributed by atoms with van der Waals surface area (Å²) >= 11 is 2.44. The van der Waals surface area contributed by atoms with E-state index in [2.05, 4.69) is 31.0 Å². The smallest absolute Gasteiger partial charge is 0.251 e. The first-order chi connectivity index (χ1) is 16.0. The molecule has 2 aromatic carbocycles. The number of amides is 2. The van der Waals surface area contributed by atoms with E-state index in [0.717, 1.165) is 16.8 Å². The number of aryl methyl sites for hydroxylation is 1. The highest BCUT2D eigenvalue weighted by atomic mass is 32.2. The Balaban J connectivity index is 1.50. The molecule has 0 aliphatic heterocycles. The summed E-state index contributed by atoms with van der Waals surface area (Å²) in [5.74, 6) is -0.428. The number of carbonyl (C=O) groups excluding carboxylic acids is 2. The van der Waals surface area contributed by atoms with Crippen LogP contribution >= 0.6 is 23.1 Å². The van der Waals surface area contributed by atoms with Crippen molar-refractivity contribution < 1.29 is 14.0 Å². The second-order valence-electron chi connectivity index (χ2n) is 6.72. The van der Waals surface area contributed by atoms with Gasteiger partial charge in [-0.15, -0.1) is 20.4 Å². The van der Waals surface area contributed by atoms with Gasteiger partial charge in [-0.1, -0.05) is 41.3 Å². The SMILES string of the molecule is Cc1nnc(NC(=O)CSc2nnc(CNC(=O)c3ccccc3)n2-c2ccc(F)cc2)s1. The molecule has 2 aromatic heterocycles. The van der Waals surface area contributed by atoms with Gasteiger partial charge < -0.3 is 5.32 Å². The van der Waals surface area contributed by atoms with Gasteiger partial charge >= 0.3 is 0 Å². The molecule has 0 saturated carbocycles. The number of benzene rings is 2. The first-order valence-electron chi connectivity index (χ1n) is 9.76. The lowest BCUT2D eigenvalue weighted by Gasteiger charge is -2.11. The van der Waals surface area contributed by atoms with Gasteiger partial charge in [-0.3, -0.25) is 19.5 Å². The lowest BCUT2D eigenvalue weighted by atomic mass is 10.2. The van der Waals surface area contributed by atoms with Gasteiger partial charge in [-0.05, 0) is 43.3 Å². The first kappa shape index (κ1) is 22.6. The minimum absolute atomic E-state index is 0.0499. The van der Waals surface area contributed by atoms with Gasteiger partial charge in [-0.25, -0.2) is 4.39 Å². The molecular formula is C21H18FN7O2S2. The largest absolute Gasteiger partial charge is 0.345 e. The van der Waals surface area contributed by atoms with Crippen LogP contribution in [0.3, 0.4) is 0 Å². The van der Waals surface area contributed by atoms with Crippen molar-refractivity contribution in [2.24, 2.45) is 0 Å². The predicted octanol–water partition coefficient (Wildman–Crippen LogP) is 3.23. The summed E-state index contributed by atoms with van der Waals surface area (Å²) in [5.41, 5.74) is 1.12. The molecule has 4 aromatic rings. The van der Waals surface area contributed by atoms with Crippen LogP contribution in [0.1, 0.15) is 21.2 Å². The van der Waals surface area contributed by atoms with Crippen LogP contribution in [0.15, 0.2) is 59.8 Å². The van der Waals surface area contributed by atoms with E-state index >= 15 is 0 Å². The molecule has 0 saturated heterocycles. The van der Waals surface area contributed by atoms with Gasteiger partial charge in [0.05, 0.1) is 12.3 Å². The second kappa shape index (κ2) is 10.3. The Morgan fingerprint density at radius 3 is 2.48 bits per heavy atom. The molecule has 2 heterocycles. The van der Waals surface area contributed by atoms with Gasteiger partial charge in [0.1, 0.15) is 10.8 Å². The fourth-order valence-electron chi connectivity index (χ4n) is 2.84. The highest BCUT2D eigenvalue weighted by molar-refractivity contribution is 7.99. The third-order valence-electron chi connectivity index (χ3n) is 4.33. The average Bonchev–Trinajstić information content (AvgIpc) is 3.42. The van der Waals surface area contributed by atoms with Crippen molar-refractivity contribution in [1.82, 2.24) is 30.3 Å². The number of carbonyl (C=O) groups is 2. The molecule has 0 fully saturated rings. The van der Waals surface area contributed by atoms with Crippen LogP contribution in [0.4, 0.5) is 9.52 Å². The quantitative estimate of drug-likeness (QED) is 0.370. The van der Waals surface area contributed by atoms with E-state index in [9.17, 15) is 14.0 Å². The van der Waals surface area contributed by atoms with Crippen LogP contribution < -0.4 is 10.6 Å². The monoisotopic (exact) mass is 483 g/mol. The molecule has 0 atom stereocenters. The van der Waals surface area contributed by atoms with E-state index < -0.39 is 0 Å². The van der Waals surface area contributed by atoms with Crippen molar-refractivity contribution in [2.75, 3.05) is 11.1 Å². The van der Waals surface area contributed by atoms with Crippen molar-refractivity contribution >= 4 is 40.0 Å². The van der Waals surface area contributed by atoms with Gasteiger partial charge in [0.15, 0.2) is 11.0 Å². The molecule has 0 aliphatic carbocycles. The maximum absolute atomic E-state index is 13.5. The van der Waals surface area contributed by atoms with Crippen molar-refractivity contribution in [3.05, 3.63) is 76.8 Å². The molecule has 0 bridgehead atoms. The Morgan fingerprint density at radius 2 is 1.79 bits per heavy atom. The van der Waals surface area contributed by atoms with Crippen LogP contribution in [-0.2, 0) is 11.3 Å². The molecule has 12 heteroatoms. The van der Waals surface area contributed by atoms with Gasteiger partial charge in [0.2, 0.25) is 11.0 Å². The third-order valence-corrected chi connectivity index (χ3v) is 6.02. The number of hydrogen-bond acceptors (Lipinski definition) is 8. The Hall–Kier alpha value is -3.64. The topological polar surface area (TPSA) is 115 Å². The summed E-state index contributed by atoms with van der Waals surface area (Å²) in [7, 11) is 0. The molecular weight excluding hydrogens is 465 g/mol. The minimum Gasteiger partial charge on any atom is -0.345 e. The van der Waals surface area contributed by atoms with Gasteiger partial charge in [0, 0.05) is 11.3 Å². The third kappa shape index (κ3) is 5.79. The van der Waals surface area contributed by atoms with Crippen LogP contribution in [0, 0.1) is 12.7 Å². The molecule has 2 amide bonds. The minimum atomic E-state index is -0.383. The number of nitrogens with zero attached hydrogens (tertiary/aromatic N) is 5. The van der Waals surface area contributed by atoms with E-state index in [1.807, 2.05) is 6.07 Å². The van der Waals surface area contributed by atoms with Crippen molar-refractivity contribution in [3.8, 4) is 5.69 Å². The predicted molar refractivity (Wildman–Crippen MR) is 123 cm³/mol. The van der Waals surface area contributed by atoms with E-state index in [4.69, 9.17) is 0 Å². The van der Waals surface area contributed by atoms with Crippen molar-refractivity contribution in [2.45, 2.75) is 18.6 Å². The Bertz CT molecular complexity index is 1260. The van der Waals surface area contributed by atoms with E-state index in [-0.39, 0.29) is 29.9 Å². The fraction of sp³-hybridized carbons (Fsp3) is 0.143. The summed E-state index contributed by atoms with van der Waals surface area (Å²) in [6.45, 7) is 1.89. The number of nitrogens with one attached hydrogen (secondary N) is 2. The van der Waals surface area contributed by atoms with Crippen molar-refractivity contribution in [1.29, 1.82) is 0 Å². The fourth-order valence-corrected chi connectivity index (χ4v) is 4.22. The van der Waals surface area contributed by atoms with Gasteiger partial charge in [-0.2, -0.15) is 0 Å². The van der Waals surface area contributed by atoms with Gasteiger partial charge in [0.25, 0.3) is 5.91 Å². The zero-order valence-corrected chi connectivity index (χ0v) is 19.0. The standard InChI is InChI=1S/C21H18FN7O2S2/c1-13-25-27-20(33-13)24-18(30)12-32-21-28-26-17(29(21)16-9-7-15(22)8-10-16)11-23-19(31)14-5-3-2-4-6-14/h2-10H,11-12H2,1H3,(H,23,31)(H,24,27,30). The molecule has 0 aliphatic rings. The Kier molecular flexibility index (Phi) is 7.05. The number of aromatic nitrogens is 5. The molecule has 4 rings (SSSR count). The maximum atomic E-state index is 13.5. The lowest BCUT2D eigenvalue weighted by Crippen LogP contribution is -2.24. The first-order valence-corrected chi connectivity index (χ1v) is 11.6. The molecule has 0 unspecified atom stereocenters. The van der Waals surface area contributed by atoms with Crippen molar-refractivity contribution in [3.63, 3.8) is 0 Å². The van der Waals surface area contributed by atoms with E-state index in [1.165, 1.54) is 23.5 Å². The van der Waals surface area contributed by atoms with E-state index in [1.54, 1.807) is 47.9 Å². The molecule has 9 nitrogen and oxygen atoms in total. The Morgan fingerprint density at radius 1 is 1.03 bits per heavy atom. The zero-order valence-electron chi connectivity index (χ0n) is 17.4. The highest BCUT2D eigenvalue weighted by Crippen LogP contribution is 2.23. The van der Waals surface area contributed by atoms with Crippen LogP contribution in [0.25, 0.3) is 5.69 Å². The van der Waals surface area contributed by atoms with Crippen LogP contribution in [-0.4, -0.2) is 42.5 Å².